The summed E-state index contributed by atoms with van der Waals surface area (Å²) >= 11 is 0. The fourth-order valence-electron chi connectivity index (χ4n) is 2.03. The maximum absolute atomic E-state index is 5.45. The largest absolute Gasteiger partial charge is 0.454 e. The number of nitrogens with two attached hydrogens (primary N) is 1. The molecule has 3 N–H and O–H groups in total. The molecule has 0 aliphatic carbocycles. The predicted octanol–water partition coefficient (Wildman–Crippen LogP) is 2.02. The minimum atomic E-state index is 0.341. The highest BCUT2D eigenvalue weighted by Gasteiger charge is 2.12. The first kappa shape index (κ1) is 13.2. The van der Waals surface area contributed by atoms with E-state index in [1.54, 1.807) is 0 Å². The predicted molar refractivity (Wildman–Crippen MR) is 71.8 cm³/mol. The molecule has 1 aromatic carbocycles. The average molecular weight is 250 g/mol. The maximum Gasteiger partial charge on any atom is 0.231 e. The lowest BCUT2D eigenvalue weighted by molar-refractivity contribution is 0.174. The first-order valence-corrected chi connectivity index (χ1v) is 6.69. The van der Waals surface area contributed by atoms with Gasteiger partial charge in [-0.3, -0.25) is 0 Å². The number of benzene rings is 1. The van der Waals surface area contributed by atoms with Crippen LogP contribution in [-0.2, 0) is 6.54 Å². The third-order valence-electron chi connectivity index (χ3n) is 3.07. The van der Waals surface area contributed by atoms with E-state index in [0.29, 0.717) is 6.79 Å². The van der Waals surface area contributed by atoms with Gasteiger partial charge in [0.1, 0.15) is 0 Å². The number of unbranched alkanes of at least 4 members (excludes halogenated alkanes) is 3. The summed E-state index contributed by atoms with van der Waals surface area (Å²) in [6, 6.07) is 6.10. The van der Waals surface area contributed by atoms with E-state index in [2.05, 4.69) is 11.4 Å². The average Bonchev–Trinajstić information content (AvgIpc) is 2.85. The minimum absolute atomic E-state index is 0.341. The molecule has 1 aliphatic heterocycles. The summed E-state index contributed by atoms with van der Waals surface area (Å²) in [6.45, 7) is 3.09. The fraction of sp³-hybridized carbons (Fsp3) is 0.571. The third-order valence-corrected chi connectivity index (χ3v) is 3.07. The van der Waals surface area contributed by atoms with Gasteiger partial charge in [0.2, 0.25) is 6.79 Å². The van der Waals surface area contributed by atoms with Crippen LogP contribution in [0.2, 0.25) is 0 Å². The Balaban J connectivity index is 1.62. The molecule has 4 nitrogen and oxygen atoms in total. The Kier molecular flexibility index (Phi) is 5.30. The van der Waals surface area contributed by atoms with Crippen LogP contribution in [-0.4, -0.2) is 19.9 Å². The SMILES string of the molecule is NCCCCCCNCc1ccc2c(c1)OCO2. The summed E-state index contributed by atoms with van der Waals surface area (Å²) in [6.07, 6.45) is 4.85. The summed E-state index contributed by atoms with van der Waals surface area (Å²) in [5.41, 5.74) is 6.69. The van der Waals surface area contributed by atoms with E-state index in [4.69, 9.17) is 15.2 Å². The molecule has 1 aliphatic rings. The normalized spacial score (nSPS) is 12.9. The molecular weight excluding hydrogens is 228 g/mol. The molecule has 2 rings (SSSR count). The van der Waals surface area contributed by atoms with Gasteiger partial charge in [0, 0.05) is 6.54 Å². The van der Waals surface area contributed by atoms with Gasteiger partial charge in [-0.25, -0.2) is 0 Å². The number of fused-ring (bicyclic) bond motifs is 1. The molecule has 0 amide bonds. The molecule has 0 bridgehead atoms. The quantitative estimate of drug-likeness (QED) is 0.693. The molecule has 0 saturated carbocycles. The zero-order chi connectivity index (χ0) is 12.6. The number of rotatable bonds is 8. The maximum atomic E-state index is 5.45. The van der Waals surface area contributed by atoms with Crippen molar-refractivity contribution in [3.05, 3.63) is 23.8 Å². The van der Waals surface area contributed by atoms with Gasteiger partial charge >= 0.3 is 0 Å². The first-order valence-electron chi connectivity index (χ1n) is 6.69. The monoisotopic (exact) mass is 250 g/mol. The highest BCUT2D eigenvalue weighted by molar-refractivity contribution is 5.44. The van der Waals surface area contributed by atoms with Crippen molar-refractivity contribution in [2.45, 2.75) is 32.2 Å². The minimum Gasteiger partial charge on any atom is -0.454 e. The van der Waals surface area contributed by atoms with Crippen molar-refractivity contribution in [2.24, 2.45) is 5.73 Å². The lowest BCUT2D eigenvalue weighted by atomic mass is 10.2. The molecule has 0 aromatic heterocycles. The van der Waals surface area contributed by atoms with Crippen molar-refractivity contribution < 1.29 is 9.47 Å². The lowest BCUT2D eigenvalue weighted by Crippen LogP contribution is -2.14. The van der Waals surface area contributed by atoms with Crippen LogP contribution in [0.5, 0.6) is 11.5 Å². The Labute approximate surface area is 108 Å². The van der Waals surface area contributed by atoms with Crippen LogP contribution in [0, 0.1) is 0 Å². The zero-order valence-corrected chi connectivity index (χ0v) is 10.8. The van der Waals surface area contributed by atoms with Crippen LogP contribution < -0.4 is 20.5 Å². The van der Waals surface area contributed by atoms with Crippen molar-refractivity contribution >= 4 is 0 Å². The van der Waals surface area contributed by atoms with Gasteiger partial charge < -0.3 is 20.5 Å². The molecule has 18 heavy (non-hydrogen) atoms. The summed E-state index contributed by atoms with van der Waals surface area (Å²) < 4.78 is 10.6. The zero-order valence-electron chi connectivity index (χ0n) is 10.8. The summed E-state index contributed by atoms with van der Waals surface area (Å²) in [4.78, 5) is 0. The molecule has 4 heteroatoms. The second kappa shape index (κ2) is 7.24. The van der Waals surface area contributed by atoms with Crippen molar-refractivity contribution in [1.29, 1.82) is 0 Å². The van der Waals surface area contributed by atoms with Gasteiger partial charge in [-0.05, 0) is 43.6 Å². The number of hydrogen-bond donors (Lipinski definition) is 2. The summed E-state index contributed by atoms with van der Waals surface area (Å²) in [5.74, 6) is 1.71. The van der Waals surface area contributed by atoms with E-state index in [0.717, 1.165) is 37.6 Å². The van der Waals surface area contributed by atoms with Crippen LogP contribution in [0.15, 0.2) is 18.2 Å². The number of ether oxygens (including phenoxy) is 2. The molecule has 1 heterocycles. The topological polar surface area (TPSA) is 56.5 Å². The molecule has 0 atom stereocenters. The van der Waals surface area contributed by atoms with Crippen LogP contribution in [0.1, 0.15) is 31.2 Å². The Hall–Kier alpha value is -1.26. The van der Waals surface area contributed by atoms with Crippen molar-refractivity contribution in [1.82, 2.24) is 5.32 Å². The van der Waals surface area contributed by atoms with Gasteiger partial charge in [-0.15, -0.1) is 0 Å². The molecular formula is C14H22N2O2. The Morgan fingerprint density at radius 1 is 1.06 bits per heavy atom. The van der Waals surface area contributed by atoms with Crippen LogP contribution in [0.25, 0.3) is 0 Å². The van der Waals surface area contributed by atoms with Crippen molar-refractivity contribution in [3.8, 4) is 11.5 Å². The molecule has 100 valence electrons. The second-order valence-electron chi connectivity index (χ2n) is 4.57. The van der Waals surface area contributed by atoms with Crippen LogP contribution in [0.3, 0.4) is 0 Å². The van der Waals surface area contributed by atoms with E-state index >= 15 is 0 Å². The lowest BCUT2D eigenvalue weighted by Gasteiger charge is -2.05. The van der Waals surface area contributed by atoms with Gasteiger partial charge in [0.15, 0.2) is 11.5 Å². The highest BCUT2D eigenvalue weighted by Crippen LogP contribution is 2.32. The standard InChI is InChI=1S/C14H22N2O2/c15-7-3-1-2-4-8-16-10-12-5-6-13-14(9-12)18-11-17-13/h5-6,9,16H,1-4,7-8,10-11,15H2. The van der Waals surface area contributed by atoms with Crippen LogP contribution >= 0.6 is 0 Å². The molecule has 0 fully saturated rings. The molecule has 0 unspecified atom stereocenters. The van der Waals surface area contributed by atoms with E-state index in [9.17, 15) is 0 Å². The summed E-state index contributed by atoms with van der Waals surface area (Å²) in [7, 11) is 0. The molecule has 1 aromatic rings. The first-order chi connectivity index (χ1) is 8.90. The highest BCUT2D eigenvalue weighted by atomic mass is 16.7. The van der Waals surface area contributed by atoms with E-state index in [1.165, 1.54) is 24.8 Å². The summed E-state index contributed by atoms with van der Waals surface area (Å²) in [5, 5.41) is 3.44. The van der Waals surface area contributed by atoms with Gasteiger partial charge in [-0.1, -0.05) is 18.9 Å². The number of hydrogen-bond acceptors (Lipinski definition) is 4. The van der Waals surface area contributed by atoms with Gasteiger partial charge in [0.25, 0.3) is 0 Å². The van der Waals surface area contributed by atoms with E-state index < -0.39 is 0 Å². The van der Waals surface area contributed by atoms with Crippen LogP contribution in [0.4, 0.5) is 0 Å². The molecule has 0 radical (unpaired) electrons. The van der Waals surface area contributed by atoms with Crippen molar-refractivity contribution in [3.63, 3.8) is 0 Å². The Bertz CT molecular complexity index is 369. The molecule has 0 saturated heterocycles. The fourth-order valence-corrected chi connectivity index (χ4v) is 2.03. The van der Waals surface area contributed by atoms with E-state index in [-0.39, 0.29) is 0 Å². The Morgan fingerprint density at radius 2 is 1.89 bits per heavy atom. The smallest absolute Gasteiger partial charge is 0.231 e. The third kappa shape index (κ3) is 3.89. The van der Waals surface area contributed by atoms with Crippen molar-refractivity contribution in [2.75, 3.05) is 19.9 Å². The van der Waals surface area contributed by atoms with Gasteiger partial charge in [0.05, 0.1) is 0 Å². The number of nitrogens with one attached hydrogen (secondary N) is 1. The Morgan fingerprint density at radius 3 is 2.78 bits per heavy atom. The van der Waals surface area contributed by atoms with Gasteiger partial charge in [-0.2, -0.15) is 0 Å². The molecule has 0 spiro atoms. The van der Waals surface area contributed by atoms with E-state index in [1.807, 2.05) is 12.1 Å². The second-order valence-corrected chi connectivity index (χ2v) is 4.57.